The normalized spacial score (nSPS) is 17.7. The van der Waals surface area contributed by atoms with Crippen molar-refractivity contribution in [1.82, 2.24) is 0 Å². The summed E-state index contributed by atoms with van der Waals surface area (Å²) in [5.41, 5.74) is -0.268. The number of para-hydroxylation sites is 1. The van der Waals surface area contributed by atoms with Crippen LogP contribution in [0.4, 0.5) is 5.69 Å². The van der Waals surface area contributed by atoms with E-state index in [1.807, 2.05) is 0 Å². The number of fused-ring (bicyclic) bond motifs is 1. The molecule has 0 bridgehead atoms. The molecular weight excluding hydrogens is 228 g/mol. The van der Waals surface area contributed by atoms with Gasteiger partial charge >= 0.3 is 10.4 Å². The third-order valence-electron chi connectivity index (χ3n) is 1.62. The summed E-state index contributed by atoms with van der Waals surface area (Å²) in [4.78, 5) is -0.191. The third-order valence-corrected chi connectivity index (χ3v) is 2.38. The molecule has 1 aromatic rings. The topological polar surface area (TPSA) is 111 Å². The van der Waals surface area contributed by atoms with E-state index < -0.39 is 10.4 Å². The van der Waals surface area contributed by atoms with Crippen LogP contribution in [0.3, 0.4) is 0 Å². The summed E-state index contributed by atoms with van der Waals surface area (Å²) in [6.07, 6.45) is 0. The van der Waals surface area contributed by atoms with Gasteiger partial charge in [0.25, 0.3) is 11.4 Å². The lowest BCUT2D eigenvalue weighted by Gasteiger charge is -1.98. The van der Waals surface area contributed by atoms with Crippen molar-refractivity contribution in [2.24, 2.45) is 5.28 Å². The standard InChI is InChI=1S/C6H4N2O6S/c9-7-8(10)4-2-1-3-5-6(4)14-15(11,12)13-5/h1-3,9H/b8-7-. The Kier molecular flexibility index (Phi) is 1.89. The van der Waals surface area contributed by atoms with E-state index in [0.717, 1.165) is 0 Å². The van der Waals surface area contributed by atoms with E-state index in [9.17, 15) is 13.6 Å². The molecule has 0 fully saturated rings. The first kappa shape index (κ1) is 9.52. The van der Waals surface area contributed by atoms with Gasteiger partial charge < -0.3 is 18.8 Å². The number of rotatable bonds is 1. The van der Waals surface area contributed by atoms with E-state index in [0.29, 0.717) is 0 Å². The molecular formula is C6H4N2O6S. The number of hydrogen-bond acceptors (Lipinski definition) is 6. The lowest BCUT2D eigenvalue weighted by Crippen LogP contribution is -2.08. The molecule has 1 N–H and O–H groups in total. The molecule has 0 amide bonds. The van der Waals surface area contributed by atoms with Gasteiger partial charge in [0.2, 0.25) is 5.28 Å². The fourth-order valence-corrected chi connectivity index (χ4v) is 1.84. The second-order valence-corrected chi connectivity index (χ2v) is 3.69. The first-order valence-electron chi connectivity index (χ1n) is 3.63. The summed E-state index contributed by atoms with van der Waals surface area (Å²) in [6.45, 7) is 0. The largest absolute Gasteiger partial charge is 0.591 e. The van der Waals surface area contributed by atoms with Gasteiger partial charge in [0.15, 0.2) is 5.75 Å². The average Bonchev–Trinajstić information content (AvgIpc) is 2.49. The minimum Gasteiger partial charge on any atom is -0.591 e. The zero-order valence-corrected chi connectivity index (χ0v) is 7.84. The van der Waals surface area contributed by atoms with Gasteiger partial charge in [-0.1, -0.05) is 6.07 Å². The van der Waals surface area contributed by atoms with Gasteiger partial charge in [-0.2, -0.15) is 0 Å². The number of hydrogen-bond donors (Lipinski definition) is 1. The van der Waals surface area contributed by atoms with Crippen LogP contribution in [0.5, 0.6) is 11.5 Å². The molecule has 0 saturated carbocycles. The van der Waals surface area contributed by atoms with Crippen molar-refractivity contribution in [1.29, 1.82) is 0 Å². The van der Waals surface area contributed by atoms with Crippen LogP contribution in [0.1, 0.15) is 0 Å². The Hall–Kier alpha value is -2.03. The van der Waals surface area contributed by atoms with E-state index in [2.05, 4.69) is 13.6 Å². The molecule has 0 radical (unpaired) electrons. The summed E-state index contributed by atoms with van der Waals surface area (Å²) < 4.78 is 30.6. The minimum atomic E-state index is -4.16. The Labute approximate surface area is 83.8 Å². The quantitative estimate of drug-likeness (QED) is 0.433. The molecule has 8 nitrogen and oxygen atoms in total. The molecule has 1 heterocycles. The van der Waals surface area contributed by atoms with Gasteiger partial charge in [0.05, 0.1) is 0 Å². The summed E-state index contributed by atoms with van der Waals surface area (Å²) >= 11 is 0. The summed E-state index contributed by atoms with van der Waals surface area (Å²) in [7, 11) is -4.16. The Morgan fingerprint density at radius 2 is 2.13 bits per heavy atom. The fourth-order valence-electron chi connectivity index (χ4n) is 1.08. The van der Waals surface area contributed by atoms with Crippen LogP contribution in [-0.4, -0.2) is 18.5 Å². The van der Waals surface area contributed by atoms with Crippen LogP contribution in [-0.2, 0) is 10.4 Å². The summed E-state index contributed by atoms with van der Waals surface area (Å²) in [5.74, 6) is -0.428. The zero-order chi connectivity index (χ0) is 11.1. The van der Waals surface area contributed by atoms with Crippen LogP contribution in [0, 0.1) is 5.21 Å². The van der Waals surface area contributed by atoms with E-state index in [1.54, 1.807) is 0 Å². The molecule has 1 aromatic carbocycles. The maximum Gasteiger partial charge on any atom is 0.501 e. The van der Waals surface area contributed by atoms with E-state index >= 15 is 0 Å². The Morgan fingerprint density at radius 1 is 1.40 bits per heavy atom. The SMILES string of the molecule is O=S1(=O)Oc2cccc(/[N+]([O-])=N/O)c2O1. The molecule has 0 aromatic heterocycles. The Balaban J connectivity index is 2.60. The zero-order valence-electron chi connectivity index (χ0n) is 7.02. The Bertz CT molecular complexity index is 537. The van der Waals surface area contributed by atoms with Gasteiger partial charge in [-0.05, 0) is 10.9 Å². The molecule has 0 atom stereocenters. The molecule has 15 heavy (non-hydrogen) atoms. The van der Waals surface area contributed by atoms with Crippen molar-refractivity contribution < 1.29 is 26.9 Å². The second-order valence-electron chi connectivity index (χ2n) is 2.54. The monoisotopic (exact) mass is 232 g/mol. The molecule has 0 saturated heterocycles. The predicted molar refractivity (Wildman–Crippen MR) is 44.1 cm³/mol. The Morgan fingerprint density at radius 3 is 2.80 bits per heavy atom. The fraction of sp³-hybridized carbons (Fsp3) is 0. The second kappa shape index (κ2) is 2.98. The predicted octanol–water partition coefficient (Wildman–Crippen LogP) is 0.686. The average molecular weight is 232 g/mol. The van der Waals surface area contributed by atoms with Crippen LogP contribution in [0.2, 0.25) is 0 Å². The van der Waals surface area contributed by atoms with Gasteiger partial charge in [-0.15, -0.1) is 8.42 Å². The number of nitrogens with zero attached hydrogens (tertiary/aromatic N) is 2. The van der Waals surface area contributed by atoms with Gasteiger partial charge in [0, 0.05) is 6.07 Å². The van der Waals surface area contributed by atoms with E-state index in [-0.39, 0.29) is 22.0 Å². The molecule has 9 heteroatoms. The van der Waals surface area contributed by atoms with Crippen molar-refractivity contribution >= 4 is 16.1 Å². The van der Waals surface area contributed by atoms with Crippen molar-refractivity contribution in [2.75, 3.05) is 0 Å². The molecule has 1 aliphatic heterocycles. The minimum absolute atomic E-state index is 0.128. The van der Waals surface area contributed by atoms with Gasteiger partial charge in [-0.3, -0.25) is 0 Å². The van der Waals surface area contributed by atoms with Crippen molar-refractivity contribution in [3.05, 3.63) is 23.4 Å². The first-order chi connectivity index (χ1) is 7.03. The van der Waals surface area contributed by atoms with Crippen LogP contribution >= 0.6 is 0 Å². The molecule has 0 unspecified atom stereocenters. The van der Waals surface area contributed by atoms with Crippen LogP contribution < -0.4 is 8.37 Å². The number of benzene rings is 1. The highest BCUT2D eigenvalue weighted by Gasteiger charge is 2.34. The van der Waals surface area contributed by atoms with Crippen molar-refractivity contribution in [3.63, 3.8) is 0 Å². The first-order valence-corrected chi connectivity index (χ1v) is 4.96. The smallest absolute Gasteiger partial charge is 0.501 e. The van der Waals surface area contributed by atoms with Gasteiger partial charge in [0.1, 0.15) is 0 Å². The lowest BCUT2D eigenvalue weighted by molar-refractivity contribution is -0.474. The highest BCUT2D eigenvalue weighted by atomic mass is 32.3. The summed E-state index contributed by atoms with van der Waals surface area (Å²) in [5, 5.41) is 21.5. The third kappa shape index (κ3) is 1.52. The van der Waals surface area contributed by atoms with Crippen molar-refractivity contribution in [3.8, 4) is 11.5 Å². The molecule has 0 spiro atoms. The van der Waals surface area contributed by atoms with Crippen molar-refractivity contribution in [2.45, 2.75) is 0 Å². The molecule has 1 aliphatic rings. The van der Waals surface area contributed by atoms with Crippen LogP contribution in [0.15, 0.2) is 23.5 Å². The van der Waals surface area contributed by atoms with E-state index in [4.69, 9.17) is 5.21 Å². The summed E-state index contributed by atoms with van der Waals surface area (Å²) in [6, 6.07) is 3.87. The van der Waals surface area contributed by atoms with Gasteiger partial charge in [-0.25, -0.2) is 0 Å². The highest BCUT2D eigenvalue weighted by Crippen LogP contribution is 2.42. The van der Waals surface area contributed by atoms with Crippen LogP contribution in [0.25, 0.3) is 0 Å². The maximum atomic E-state index is 11.0. The molecule has 0 aliphatic carbocycles. The van der Waals surface area contributed by atoms with E-state index in [1.165, 1.54) is 18.2 Å². The maximum absolute atomic E-state index is 11.0. The lowest BCUT2D eigenvalue weighted by atomic mass is 10.3. The molecule has 2 rings (SSSR count). The molecule has 80 valence electrons. The highest BCUT2D eigenvalue weighted by molar-refractivity contribution is 7.82.